The minimum Gasteiger partial charge on any atom is -0.345 e. The van der Waals surface area contributed by atoms with Crippen LogP contribution in [0.4, 0.5) is 0 Å². The van der Waals surface area contributed by atoms with Gasteiger partial charge in [-0.1, -0.05) is 0 Å². The van der Waals surface area contributed by atoms with Crippen molar-refractivity contribution in [3.05, 3.63) is 30.1 Å². The first-order chi connectivity index (χ1) is 11.6. The standard InChI is InChI=1S/C17H21N5O2/c1-17(9-18-10-17)16(24)22-6-4-21(5-7-22)15(23)12-2-3-13-14(8-12)20-11-19-13/h2-3,8,11,18H,4-7,9-10H2,1H3,(H,19,20). The number of nitrogens with one attached hydrogen (secondary N) is 2. The lowest BCUT2D eigenvalue weighted by Crippen LogP contribution is -2.63. The Balaban J connectivity index is 1.41. The lowest BCUT2D eigenvalue weighted by molar-refractivity contribution is -0.145. The number of aromatic amines is 1. The van der Waals surface area contributed by atoms with Crippen molar-refractivity contribution >= 4 is 22.8 Å². The second kappa shape index (κ2) is 5.59. The summed E-state index contributed by atoms with van der Waals surface area (Å²) in [6, 6.07) is 5.50. The monoisotopic (exact) mass is 327 g/mol. The van der Waals surface area contributed by atoms with E-state index < -0.39 is 0 Å². The number of nitrogens with zero attached hydrogens (tertiary/aromatic N) is 3. The summed E-state index contributed by atoms with van der Waals surface area (Å²) in [5, 5.41) is 3.16. The number of piperazine rings is 1. The summed E-state index contributed by atoms with van der Waals surface area (Å²) in [7, 11) is 0. The zero-order valence-corrected chi connectivity index (χ0v) is 13.7. The van der Waals surface area contributed by atoms with Crippen LogP contribution in [0.25, 0.3) is 11.0 Å². The third kappa shape index (κ3) is 2.45. The maximum absolute atomic E-state index is 12.7. The SMILES string of the molecule is CC1(C(=O)N2CCN(C(=O)c3ccc4nc[nH]c4c3)CC2)CNC1. The zero-order valence-electron chi connectivity index (χ0n) is 13.7. The molecule has 0 unspecified atom stereocenters. The molecule has 3 heterocycles. The maximum atomic E-state index is 12.7. The predicted octanol–water partition coefficient (Wildman–Crippen LogP) is 0.457. The van der Waals surface area contributed by atoms with E-state index in [1.54, 1.807) is 6.33 Å². The first-order valence-electron chi connectivity index (χ1n) is 8.29. The van der Waals surface area contributed by atoms with Crippen LogP contribution in [-0.2, 0) is 4.79 Å². The largest absolute Gasteiger partial charge is 0.345 e. The number of imidazole rings is 1. The topological polar surface area (TPSA) is 81.3 Å². The van der Waals surface area contributed by atoms with E-state index in [0.29, 0.717) is 31.7 Å². The molecule has 2 N–H and O–H groups in total. The fourth-order valence-corrected chi connectivity index (χ4v) is 3.40. The van der Waals surface area contributed by atoms with Gasteiger partial charge in [0.25, 0.3) is 5.91 Å². The Morgan fingerprint density at radius 1 is 1.12 bits per heavy atom. The zero-order chi connectivity index (χ0) is 16.7. The molecule has 2 fully saturated rings. The van der Waals surface area contributed by atoms with E-state index in [0.717, 1.165) is 24.1 Å². The smallest absolute Gasteiger partial charge is 0.254 e. The Kier molecular flexibility index (Phi) is 3.53. The predicted molar refractivity (Wildman–Crippen MR) is 89.6 cm³/mol. The Bertz CT molecular complexity index is 787. The van der Waals surface area contributed by atoms with E-state index in [1.165, 1.54) is 0 Å². The van der Waals surface area contributed by atoms with Crippen molar-refractivity contribution in [3.8, 4) is 0 Å². The lowest BCUT2D eigenvalue weighted by Gasteiger charge is -2.44. The number of rotatable bonds is 2. The molecule has 0 spiro atoms. The van der Waals surface area contributed by atoms with E-state index in [9.17, 15) is 9.59 Å². The highest BCUT2D eigenvalue weighted by Crippen LogP contribution is 2.25. The van der Waals surface area contributed by atoms with Crippen LogP contribution in [0, 0.1) is 5.41 Å². The summed E-state index contributed by atoms with van der Waals surface area (Å²) in [6.45, 7) is 5.86. The van der Waals surface area contributed by atoms with Crippen LogP contribution < -0.4 is 5.32 Å². The molecule has 1 aromatic heterocycles. The molecule has 0 bridgehead atoms. The molecular formula is C17H21N5O2. The molecule has 2 aliphatic rings. The Hall–Kier alpha value is -2.41. The van der Waals surface area contributed by atoms with E-state index in [1.807, 2.05) is 34.9 Å². The molecule has 24 heavy (non-hydrogen) atoms. The number of carbonyl (C=O) groups excluding carboxylic acids is 2. The van der Waals surface area contributed by atoms with Crippen LogP contribution in [0.3, 0.4) is 0 Å². The fourth-order valence-electron chi connectivity index (χ4n) is 3.40. The van der Waals surface area contributed by atoms with Crippen molar-refractivity contribution in [2.45, 2.75) is 6.92 Å². The number of H-pyrrole nitrogens is 1. The quantitative estimate of drug-likeness (QED) is 0.839. The highest BCUT2D eigenvalue weighted by Gasteiger charge is 2.42. The van der Waals surface area contributed by atoms with E-state index >= 15 is 0 Å². The van der Waals surface area contributed by atoms with E-state index in [4.69, 9.17) is 0 Å². The number of aromatic nitrogens is 2. The Morgan fingerprint density at radius 3 is 2.50 bits per heavy atom. The van der Waals surface area contributed by atoms with Gasteiger partial charge in [-0.3, -0.25) is 9.59 Å². The van der Waals surface area contributed by atoms with Crippen LogP contribution in [0.5, 0.6) is 0 Å². The first-order valence-corrected chi connectivity index (χ1v) is 8.29. The van der Waals surface area contributed by atoms with Gasteiger partial charge in [0.05, 0.1) is 22.8 Å². The highest BCUT2D eigenvalue weighted by atomic mass is 16.2. The van der Waals surface area contributed by atoms with Crippen LogP contribution >= 0.6 is 0 Å². The molecule has 1 aromatic carbocycles. The lowest BCUT2D eigenvalue weighted by atomic mass is 9.82. The number of hydrogen-bond acceptors (Lipinski definition) is 4. The first kappa shape index (κ1) is 15.1. The van der Waals surface area contributed by atoms with Gasteiger partial charge in [0.15, 0.2) is 0 Å². The summed E-state index contributed by atoms with van der Waals surface area (Å²) < 4.78 is 0. The fraction of sp³-hybridized carbons (Fsp3) is 0.471. The molecule has 2 amide bonds. The molecule has 0 aliphatic carbocycles. The van der Waals surface area contributed by atoms with Crippen molar-refractivity contribution in [2.24, 2.45) is 5.41 Å². The third-order valence-electron chi connectivity index (χ3n) is 5.07. The summed E-state index contributed by atoms with van der Waals surface area (Å²) in [5.74, 6) is 0.211. The normalized spacial score (nSPS) is 20.0. The molecule has 7 heteroatoms. The Morgan fingerprint density at radius 2 is 1.83 bits per heavy atom. The van der Waals surface area contributed by atoms with Crippen molar-refractivity contribution in [1.82, 2.24) is 25.1 Å². The van der Waals surface area contributed by atoms with Gasteiger partial charge in [-0.15, -0.1) is 0 Å². The minimum absolute atomic E-state index is 0.00937. The maximum Gasteiger partial charge on any atom is 0.254 e. The molecule has 2 aliphatic heterocycles. The molecule has 126 valence electrons. The molecular weight excluding hydrogens is 306 g/mol. The molecule has 0 atom stereocenters. The van der Waals surface area contributed by atoms with Gasteiger partial charge in [0.1, 0.15) is 0 Å². The van der Waals surface area contributed by atoms with Gasteiger partial charge in [-0.2, -0.15) is 0 Å². The number of amides is 2. The number of hydrogen-bond donors (Lipinski definition) is 2. The van der Waals surface area contributed by atoms with Gasteiger partial charge in [-0.25, -0.2) is 4.98 Å². The van der Waals surface area contributed by atoms with Crippen LogP contribution in [0.1, 0.15) is 17.3 Å². The number of carbonyl (C=O) groups is 2. The van der Waals surface area contributed by atoms with Crippen LogP contribution in [-0.4, -0.2) is 70.9 Å². The summed E-state index contributed by atoms with van der Waals surface area (Å²) >= 11 is 0. The summed E-state index contributed by atoms with van der Waals surface area (Å²) in [5.41, 5.74) is 2.10. The van der Waals surface area contributed by atoms with Crippen LogP contribution in [0.15, 0.2) is 24.5 Å². The highest BCUT2D eigenvalue weighted by molar-refractivity contribution is 5.97. The van der Waals surface area contributed by atoms with Crippen LogP contribution in [0.2, 0.25) is 0 Å². The molecule has 2 aromatic rings. The number of fused-ring (bicyclic) bond motifs is 1. The second-order valence-corrected chi connectivity index (χ2v) is 6.88. The average molecular weight is 327 g/mol. The van der Waals surface area contributed by atoms with Gasteiger partial charge < -0.3 is 20.1 Å². The third-order valence-corrected chi connectivity index (χ3v) is 5.07. The van der Waals surface area contributed by atoms with Crippen molar-refractivity contribution in [1.29, 1.82) is 0 Å². The molecule has 7 nitrogen and oxygen atoms in total. The second-order valence-electron chi connectivity index (χ2n) is 6.88. The van der Waals surface area contributed by atoms with Gasteiger partial charge in [-0.05, 0) is 25.1 Å². The van der Waals surface area contributed by atoms with Gasteiger partial charge in [0, 0.05) is 44.8 Å². The van der Waals surface area contributed by atoms with Gasteiger partial charge >= 0.3 is 0 Å². The van der Waals surface area contributed by atoms with Crippen molar-refractivity contribution in [3.63, 3.8) is 0 Å². The van der Waals surface area contributed by atoms with Gasteiger partial charge in [0.2, 0.25) is 5.91 Å². The molecule has 4 rings (SSSR count). The molecule has 2 saturated heterocycles. The van der Waals surface area contributed by atoms with E-state index in [2.05, 4.69) is 15.3 Å². The molecule has 0 radical (unpaired) electrons. The number of benzene rings is 1. The van der Waals surface area contributed by atoms with Crippen molar-refractivity contribution in [2.75, 3.05) is 39.3 Å². The minimum atomic E-state index is -0.266. The summed E-state index contributed by atoms with van der Waals surface area (Å²) in [4.78, 5) is 36.1. The summed E-state index contributed by atoms with van der Waals surface area (Å²) in [6.07, 6.45) is 1.62. The average Bonchev–Trinajstić information content (AvgIpc) is 3.06. The molecule has 0 saturated carbocycles. The van der Waals surface area contributed by atoms with Crippen molar-refractivity contribution < 1.29 is 9.59 Å². The Labute approximate surface area is 140 Å². The van der Waals surface area contributed by atoms with E-state index in [-0.39, 0.29) is 17.2 Å².